The van der Waals surface area contributed by atoms with Gasteiger partial charge in [0.1, 0.15) is 11.3 Å². The number of morpholine rings is 1. The van der Waals surface area contributed by atoms with Gasteiger partial charge in [-0.05, 0) is 12.1 Å². The minimum absolute atomic E-state index is 0.112. The number of aromatic nitrogens is 4. The summed E-state index contributed by atoms with van der Waals surface area (Å²) in [5, 5.41) is 3.75. The molecule has 9 nitrogen and oxygen atoms in total. The van der Waals surface area contributed by atoms with Gasteiger partial charge in [0.05, 0.1) is 37.0 Å². The molecule has 1 fully saturated rings. The first-order chi connectivity index (χ1) is 15.9. The lowest BCUT2D eigenvalue weighted by Crippen LogP contribution is -2.37. The number of hydrogen-bond donors (Lipinski definition) is 1. The Morgan fingerprint density at radius 3 is 2.38 bits per heavy atom. The van der Waals surface area contributed by atoms with Gasteiger partial charge in [-0.3, -0.25) is 0 Å². The maximum absolute atomic E-state index is 14.0. The standard InChI is InChI=1S/C19H16F6N6O3/c1-33-17(32)9-6-12-16(30-2-4-34-5-3-30)28-15(29-31(12)14(9)19(23,24)25)10-8-27-13(26)7-11(10)18(20,21)22/h6-8H,2-5H2,1H3,(H2,26,27). The smallest absolute Gasteiger partial charge is 0.434 e. The van der Waals surface area contributed by atoms with Crippen LogP contribution in [0.2, 0.25) is 0 Å². The quantitative estimate of drug-likeness (QED) is 0.441. The number of rotatable bonds is 3. The third-order valence-electron chi connectivity index (χ3n) is 5.07. The van der Waals surface area contributed by atoms with Gasteiger partial charge in [-0.25, -0.2) is 19.3 Å². The highest BCUT2D eigenvalue weighted by molar-refractivity contribution is 5.94. The van der Waals surface area contributed by atoms with Gasteiger partial charge < -0.3 is 20.1 Å². The summed E-state index contributed by atoms with van der Waals surface area (Å²) in [6, 6.07) is 1.44. The predicted molar refractivity (Wildman–Crippen MR) is 105 cm³/mol. The van der Waals surface area contributed by atoms with Crippen molar-refractivity contribution in [2.75, 3.05) is 44.0 Å². The summed E-state index contributed by atoms with van der Waals surface area (Å²) in [4.78, 5) is 21.4. The molecule has 15 heteroatoms. The highest BCUT2D eigenvalue weighted by Gasteiger charge is 2.42. The number of anilines is 2. The molecule has 0 atom stereocenters. The van der Waals surface area contributed by atoms with Crippen LogP contribution in [0.25, 0.3) is 16.9 Å². The number of nitrogens with two attached hydrogens (primary N) is 1. The van der Waals surface area contributed by atoms with Crippen LogP contribution in [0, 0.1) is 0 Å². The van der Waals surface area contributed by atoms with E-state index in [0.717, 1.165) is 19.4 Å². The minimum atomic E-state index is -5.10. The number of carbonyl (C=O) groups is 1. The summed E-state index contributed by atoms with van der Waals surface area (Å²) in [6.07, 6.45) is -9.29. The Balaban J connectivity index is 2.08. The van der Waals surface area contributed by atoms with E-state index < -0.39 is 52.3 Å². The molecule has 2 N–H and O–H groups in total. The zero-order chi connectivity index (χ0) is 24.8. The van der Waals surface area contributed by atoms with Gasteiger partial charge in [-0.2, -0.15) is 26.3 Å². The molecule has 0 bridgehead atoms. The van der Waals surface area contributed by atoms with E-state index in [1.165, 1.54) is 4.90 Å². The van der Waals surface area contributed by atoms with Crippen LogP contribution in [0.4, 0.5) is 38.0 Å². The lowest BCUT2D eigenvalue weighted by molar-refractivity contribution is -0.143. The molecule has 0 saturated carbocycles. The average Bonchev–Trinajstić information content (AvgIpc) is 3.18. The number of methoxy groups -OCH3 is 1. The van der Waals surface area contributed by atoms with Gasteiger partial charge in [0.2, 0.25) is 0 Å². The molecule has 1 saturated heterocycles. The van der Waals surface area contributed by atoms with Crippen LogP contribution in [0.1, 0.15) is 21.6 Å². The molecule has 1 aliphatic rings. The Morgan fingerprint density at radius 2 is 1.79 bits per heavy atom. The molecule has 34 heavy (non-hydrogen) atoms. The molecule has 4 heterocycles. The fourth-order valence-corrected chi connectivity index (χ4v) is 3.58. The topological polar surface area (TPSA) is 108 Å². The zero-order valence-electron chi connectivity index (χ0n) is 17.4. The first-order valence-corrected chi connectivity index (χ1v) is 9.67. The molecule has 0 amide bonds. The Labute approximate surface area is 187 Å². The van der Waals surface area contributed by atoms with Gasteiger partial charge in [-0.1, -0.05) is 0 Å². The molecule has 0 aromatic carbocycles. The van der Waals surface area contributed by atoms with Gasteiger partial charge in [-0.15, -0.1) is 5.10 Å². The molecular formula is C19H16F6N6O3. The second-order valence-corrected chi connectivity index (χ2v) is 7.20. The van der Waals surface area contributed by atoms with Crippen molar-refractivity contribution in [2.45, 2.75) is 12.4 Å². The Kier molecular flexibility index (Phi) is 5.75. The number of nitrogen functional groups attached to an aromatic ring is 1. The third-order valence-corrected chi connectivity index (χ3v) is 5.07. The van der Waals surface area contributed by atoms with Gasteiger partial charge in [0.15, 0.2) is 17.3 Å². The number of carbonyl (C=O) groups excluding carboxylic acids is 1. The first-order valence-electron chi connectivity index (χ1n) is 9.67. The Morgan fingerprint density at radius 1 is 1.12 bits per heavy atom. The molecule has 3 aromatic heterocycles. The number of esters is 1. The van der Waals surface area contributed by atoms with Gasteiger partial charge >= 0.3 is 18.3 Å². The van der Waals surface area contributed by atoms with E-state index in [0.29, 0.717) is 10.6 Å². The number of nitrogens with zero attached hydrogens (tertiary/aromatic N) is 5. The van der Waals surface area contributed by atoms with Crippen LogP contribution >= 0.6 is 0 Å². The molecule has 4 rings (SSSR count). The van der Waals surface area contributed by atoms with E-state index >= 15 is 0 Å². The summed E-state index contributed by atoms with van der Waals surface area (Å²) in [6.45, 7) is 0.801. The summed E-state index contributed by atoms with van der Waals surface area (Å²) >= 11 is 0. The van der Waals surface area contributed by atoms with Crippen LogP contribution < -0.4 is 10.6 Å². The molecule has 0 radical (unpaired) electrons. The van der Waals surface area contributed by atoms with Crippen LogP contribution in [-0.2, 0) is 21.8 Å². The number of alkyl halides is 6. The summed E-state index contributed by atoms with van der Waals surface area (Å²) < 4.78 is 93.2. The molecule has 0 unspecified atom stereocenters. The zero-order valence-corrected chi connectivity index (χ0v) is 17.4. The number of halogens is 6. The highest BCUT2D eigenvalue weighted by atomic mass is 19.4. The molecular weight excluding hydrogens is 474 g/mol. The fraction of sp³-hybridized carbons (Fsp3) is 0.368. The maximum Gasteiger partial charge on any atom is 0.434 e. The van der Waals surface area contributed by atoms with E-state index in [1.807, 2.05) is 0 Å². The molecule has 0 spiro atoms. The van der Waals surface area contributed by atoms with Crippen LogP contribution in [-0.4, -0.2) is 59.0 Å². The van der Waals surface area contributed by atoms with Crippen molar-refractivity contribution in [2.24, 2.45) is 0 Å². The molecule has 3 aromatic rings. The lowest BCUT2D eigenvalue weighted by atomic mass is 10.1. The average molecular weight is 490 g/mol. The van der Waals surface area contributed by atoms with Crippen molar-refractivity contribution in [3.8, 4) is 11.4 Å². The van der Waals surface area contributed by atoms with Crippen molar-refractivity contribution in [1.82, 2.24) is 19.6 Å². The lowest BCUT2D eigenvalue weighted by Gasteiger charge is -2.28. The van der Waals surface area contributed by atoms with E-state index in [4.69, 9.17) is 10.5 Å². The Bertz CT molecular complexity index is 1250. The van der Waals surface area contributed by atoms with E-state index in [1.54, 1.807) is 0 Å². The largest absolute Gasteiger partial charge is 0.465 e. The normalized spacial score (nSPS) is 15.1. The number of ether oxygens (including phenoxy) is 2. The van der Waals surface area contributed by atoms with Crippen LogP contribution in [0.3, 0.4) is 0 Å². The van der Waals surface area contributed by atoms with Gasteiger partial charge in [0, 0.05) is 19.3 Å². The first kappa shape index (κ1) is 23.5. The maximum atomic E-state index is 14.0. The number of hydrogen-bond acceptors (Lipinski definition) is 8. The van der Waals surface area contributed by atoms with Gasteiger partial charge in [0.25, 0.3) is 0 Å². The highest BCUT2D eigenvalue weighted by Crippen LogP contribution is 2.40. The summed E-state index contributed by atoms with van der Waals surface area (Å²) in [5.41, 5.74) is 0.827. The van der Waals surface area contributed by atoms with Crippen molar-refractivity contribution in [3.63, 3.8) is 0 Å². The number of fused-ring (bicyclic) bond motifs is 1. The fourth-order valence-electron chi connectivity index (χ4n) is 3.58. The Hall–Kier alpha value is -3.62. The molecule has 182 valence electrons. The molecule has 0 aliphatic carbocycles. The monoisotopic (exact) mass is 490 g/mol. The summed E-state index contributed by atoms with van der Waals surface area (Å²) in [5.74, 6) is -2.54. The van der Waals surface area contributed by atoms with Crippen molar-refractivity contribution in [3.05, 3.63) is 35.2 Å². The van der Waals surface area contributed by atoms with Crippen molar-refractivity contribution in [1.29, 1.82) is 0 Å². The van der Waals surface area contributed by atoms with E-state index in [-0.39, 0.29) is 37.6 Å². The van der Waals surface area contributed by atoms with E-state index in [2.05, 4.69) is 19.8 Å². The predicted octanol–water partition coefficient (Wildman–Crippen LogP) is 3.03. The van der Waals surface area contributed by atoms with Crippen LogP contribution in [0.5, 0.6) is 0 Å². The minimum Gasteiger partial charge on any atom is -0.465 e. The van der Waals surface area contributed by atoms with E-state index in [9.17, 15) is 31.1 Å². The summed E-state index contributed by atoms with van der Waals surface area (Å²) in [7, 11) is 0.903. The van der Waals surface area contributed by atoms with Crippen molar-refractivity contribution >= 4 is 23.1 Å². The second kappa shape index (κ2) is 8.30. The SMILES string of the molecule is COC(=O)c1cc2c(N3CCOCC3)nc(-c3cnc(N)cc3C(F)(F)F)nn2c1C(F)(F)F. The van der Waals surface area contributed by atoms with Crippen molar-refractivity contribution < 1.29 is 40.6 Å². The third kappa shape index (κ3) is 4.18. The second-order valence-electron chi connectivity index (χ2n) is 7.20. The number of pyridine rings is 1. The van der Waals surface area contributed by atoms with Crippen LogP contribution in [0.15, 0.2) is 18.3 Å². The molecule has 1 aliphatic heterocycles.